The van der Waals surface area contributed by atoms with Crippen molar-refractivity contribution < 1.29 is 9.72 Å². The van der Waals surface area contributed by atoms with Crippen molar-refractivity contribution in [2.45, 2.75) is 6.92 Å². The number of nitrogens with one attached hydrogen (secondary N) is 1. The van der Waals surface area contributed by atoms with Gasteiger partial charge in [-0.25, -0.2) is 4.98 Å². The standard InChI is InChI=1S/C17H13N3O3S/c1-11-9-13(12-5-3-2-4-6-12)7-8-14(11)16(21)19-17-18-10-15(24-17)20(22)23/h2-10H,1H3,(H,18,19,21). The molecule has 0 bridgehead atoms. The van der Waals surface area contributed by atoms with Gasteiger partial charge in [-0.3, -0.25) is 20.2 Å². The summed E-state index contributed by atoms with van der Waals surface area (Å²) in [5.74, 6) is -0.337. The summed E-state index contributed by atoms with van der Waals surface area (Å²) in [6.07, 6.45) is 1.13. The van der Waals surface area contributed by atoms with Crippen molar-refractivity contribution in [3.63, 3.8) is 0 Å². The minimum absolute atomic E-state index is 0.110. The molecule has 0 aliphatic heterocycles. The molecular weight excluding hydrogens is 326 g/mol. The van der Waals surface area contributed by atoms with E-state index in [4.69, 9.17) is 0 Å². The maximum absolute atomic E-state index is 12.3. The number of hydrogen-bond acceptors (Lipinski definition) is 5. The predicted molar refractivity (Wildman–Crippen MR) is 93.3 cm³/mol. The summed E-state index contributed by atoms with van der Waals surface area (Å²) >= 11 is 0.828. The number of nitro groups is 1. The lowest BCUT2D eigenvalue weighted by molar-refractivity contribution is -0.380. The first-order valence-corrected chi connectivity index (χ1v) is 7.94. The molecule has 3 rings (SSSR count). The Hall–Kier alpha value is -3.06. The zero-order valence-electron chi connectivity index (χ0n) is 12.7. The van der Waals surface area contributed by atoms with Gasteiger partial charge in [0.25, 0.3) is 5.91 Å². The quantitative estimate of drug-likeness (QED) is 0.568. The van der Waals surface area contributed by atoms with Crippen LogP contribution in [0.15, 0.2) is 54.7 Å². The van der Waals surface area contributed by atoms with Crippen molar-refractivity contribution >= 4 is 27.4 Å². The van der Waals surface area contributed by atoms with Crippen LogP contribution < -0.4 is 5.32 Å². The Morgan fingerprint density at radius 2 is 1.92 bits per heavy atom. The van der Waals surface area contributed by atoms with E-state index in [1.165, 1.54) is 0 Å². The van der Waals surface area contributed by atoms with Crippen molar-refractivity contribution in [1.29, 1.82) is 0 Å². The predicted octanol–water partition coefficient (Wildman–Crippen LogP) is 4.28. The van der Waals surface area contributed by atoms with Gasteiger partial charge in [-0.15, -0.1) is 0 Å². The molecule has 2 aromatic carbocycles. The summed E-state index contributed by atoms with van der Waals surface area (Å²) in [6.45, 7) is 1.85. The Morgan fingerprint density at radius 3 is 2.54 bits per heavy atom. The Morgan fingerprint density at radius 1 is 1.17 bits per heavy atom. The smallest absolute Gasteiger partial charge is 0.298 e. The fraction of sp³-hybridized carbons (Fsp3) is 0.0588. The number of hydrogen-bond donors (Lipinski definition) is 1. The van der Waals surface area contributed by atoms with E-state index in [0.29, 0.717) is 5.56 Å². The lowest BCUT2D eigenvalue weighted by Crippen LogP contribution is -2.13. The molecule has 1 N–H and O–H groups in total. The van der Waals surface area contributed by atoms with E-state index >= 15 is 0 Å². The molecule has 0 radical (unpaired) electrons. The minimum Gasteiger partial charge on any atom is -0.298 e. The molecule has 0 saturated carbocycles. The molecule has 6 nitrogen and oxygen atoms in total. The molecule has 0 unspecified atom stereocenters. The average Bonchev–Trinajstić information content (AvgIpc) is 3.04. The summed E-state index contributed by atoms with van der Waals surface area (Å²) in [6, 6.07) is 15.4. The maximum atomic E-state index is 12.3. The van der Waals surface area contributed by atoms with Gasteiger partial charge in [-0.1, -0.05) is 42.5 Å². The van der Waals surface area contributed by atoms with Gasteiger partial charge in [0.15, 0.2) is 5.13 Å². The molecule has 0 atom stereocenters. The third-order valence-electron chi connectivity index (χ3n) is 3.47. The van der Waals surface area contributed by atoms with E-state index in [2.05, 4.69) is 10.3 Å². The van der Waals surface area contributed by atoms with Crippen molar-refractivity contribution in [3.8, 4) is 11.1 Å². The first-order chi connectivity index (χ1) is 11.5. The zero-order chi connectivity index (χ0) is 17.1. The number of anilines is 1. The number of benzene rings is 2. The van der Waals surface area contributed by atoms with E-state index < -0.39 is 4.92 Å². The monoisotopic (exact) mass is 339 g/mol. The highest BCUT2D eigenvalue weighted by Gasteiger charge is 2.15. The van der Waals surface area contributed by atoms with Gasteiger partial charge in [-0.2, -0.15) is 0 Å². The molecule has 0 saturated heterocycles. The van der Waals surface area contributed by atoms with Gasteiger partial charge in [0, 0.05) is 5.56 Å². The van der Waals surface area contributed by atoms with Crippen LogP contribution >= 0.6 is 11.3 Å². The van der Waals surface area contributed by atoms with Crippen LogP contribution in [-0.4, -0.2) is 15.8 Å². The Kier molecular flexibility index (Phi) is 4.35. The number of carbonyl (C=O) groups is 1. The maximum Gasteiger partial charge on any atom is 0.345 e. The number of nitrogens with zero attached hydrogens (tertiary/aromatic N) is 2. The number of aryl methyl sites for hydroxylation is 1. The molecule has 1 heterocycles. The van der Waals surface area contributed by atoms with Gasteiger partial charge < -0.3 is 0 Å². The van der Waals surface area contributed by atoms with Crippen LogP contribution in [0.2, 0.25) is 0 Å². The highest BCUT2D eigenvalue weighted by atomic mass is 32.1. The van der Waals surface area contributed by atoms with E-state index in [-0.39, 0.29) is 16.0 Å². The summed E-state index contributed by atoms with van der Waals surface area (Å²) in [7, 11) is 0. The highest BCUT2D eigenvalue weighted by Crippen LogP contribution is 2.26. The number of amides is 1. The average molecular weight is 339 g/mol. The Balaban J connectivity index is 1.81. The molecule has 0 aliphatic rings. The SMILES string of the molecule is Cc1cc(-c2ccccc2)ccc1C(=O)Nc1ncc([N+](=O)[O-])s1. The fourth-order valence-corrected chi connectivity index (χ4v) is 2.93. The summed E-state index contributed by atoms with van der Waals surface area (Å²) in [5.41, 5.74) is 3.42. The number of thiazole rings is 1. The summed E-state index contributed by atoms with van der Waals surface area (Å²) < 4.78 is 0. The van der Waals surface area contributed by atoms with E-state index in [9.17, 15) is 14.9 Å². The molecule has 1 aromatic heterocycles. The van der Waals surface area contributed by atoms with Crippen molar-refractivity contribution in [3.05, 3.63) is 76.0 Å². The third kappa shape index (κ3) is 3.31. The summed E-state index contributed by atoms with van der Waals surface area (Å²) in [5, 5.41) is 13.4. The van der Waals surface area contributed by atoms with Gasteiger partial charge >= 0.3 is 5.00 Å². The molecule has 120 valence electrons. The van der Waals surface area contributed by atoms with Gasteiger partial charge in [0.05, 0.1) is 4.92 Å². The second kappa shape index (κ2) is 6.59. The molecule has 3 aromatic rings. The molecule has 0 aliphatic carbocycles. The number of aromatic nitrogens is 1. The second-order valence-electron chi connectivity index (χ2n) is 5.11. The topological polar surface area (TPSA) is 85.1 Å². The van der Waals surface area contributed by atoms with E-state index in [1.54, 1.807) is 6.07 Å². The van der Waals surface area contributed by atoms with Crippen molar-refractivity contribution in [2.75, 3.05) is 5.32 Å². The molecular formula is C17H13N3O3S. The number of rotatable bonds is 4. The van der Waals surface area contributed by atoms with E-state index in [1.807, 2.05) is 49.4 Å². The van der Waals surface area contributed by atoms with Crippen LogP contribution in [0.1, 0.15) is 15.9 Å². The van der Waals surface area contributed by atoms with Crippen LogP contribution in [0.3, 0.4) is 0 Å². The fourth-order valence-electron chi connectivity index (χ4n) is 2.30. The van der Waals surface area contributed by atoms with Gasteiger partial charge in [0.1, 0.15) is 6.20 Å². The molecule has 0 spiro atoms. The molecule has 24 heavy (non-hydrogen) atoms. The summed E-state index contributed by atoms with van der Waals surface area (Å²) in [4.78, 5) is 26.3. The lowest BCUT2D eigenvalue weighted by Gasteiger charge is -2.08. The molecule has 0 fully saturated rings. The lowest BCUT2D eigenvalue weighted by atomic mass is 9.99. The largest absolute Gasteiger partial charge is 0.345 e. The first-order valence-electron chi connectivity index (χ1n) is 7.12. The van der Waals surface area contributed by atoms with Crippen LogP contribution in [0.25, 0.3) is 11.1 Å². The number of carbonyl (C=O) groups excluding carboxylic acids is 1. The van der Waals surface area contributed by atoms with Crippen LogP contribution in [0, 0.1) is 17.0 Å². The van der Waals surface area contributed by atoms with Gasteiger partial charge in [0.2, 0.25) is 0 Å². The third-order valence-corrected chi connectivity index (χ3v) is 4.34. The zero-order valence-corrected chi connectivity index (χ0v) is 13.5. The van der Waals surface area contributed by atoms with Crippen molar-refractivity contribution in [1.82, 2.24) is 4.98 Å². The van der Waals surface area contributed by atoms with Crippen LogP contribution in [0.4, 0.5) is 10.1 Å². The Labute approximate surface area is 141 Å². The minimum atomic E-state index is -0.534. The molecule has 1 amide bonds. The van der Waals surface area contributed by atoms with Crippen LogP contribution in [0.5, 0.6) is 0 Å². The molecule has 7 heteroatoms. The first kappa shape index (κ1) is 15.8. The van der Waals surface area contributed by atoms with E-state index in [0.717, 1.165) is 34.2 Å². The van der Waals surface area contributed by atoms with Crippen molar-refractivity contribution in [2.24, 2.45) is 0 Å². The Bertz CT molecular complexity index is 906. The highest BCUT2D eigenvalue weighted by molar-refractivity contribution is 7.18. The second-order valence-corrected chi connectivity index (χ2v) is 6.12. The van der Waals surface area contributed by atoms with Crippen LogP contribution in [-0.2, 0) is 0 Å². The van der Waals surface area contributed by atoms with Gasteiger partial charge in [-0.05, 0) is 41.0 Å². The normalized spacial score (nSPS) is 10.4.